The van der Waals surface area contributed by atoms with Gasteiger partial charge in [-0.05, 0) is 6.92 Å². The van der Waals surface area contributed by atoms with Crippen molar-refractivity contribution in [3.8, 4) is 12.1 Å². The van der Waals surface area contributed by atoms with E-state index in [0.717, 1.165) is 0 Å². The second kappa shape index (κ2) is 6.68. The fourth-order valence-electron chi connectivity index (χ4n) is 0.955. The topological polar surface area (TPSA) is 67.9 Å². The fraction of sp³-hybridized carbons (Fsp3) is 0.500. The molecule has 0 spiro atoms. The molecule has 4 heteroatoms. The van der Waals surface area contributed by atoms with Crippen LogP contribution in [-0.4, -0.2) is 23.9 Å². The summed E-state index contributed by atoms with van der Waals surface area (Å²) in [6.07, 6.45) is 0.564. The van der Waals surface area contributed by atoms with Gasteiger partial charge in [-0.2, -0.15) is 10.5 Å². The molecule has 14 heavy (non-hydrogen) atoms. The number of hydrogen-bond acceptors (Lipinski definition) is 3. The molecule has 0 bridgehead atoms. The molecule has 0 saturated carbocycles. The van der Waals surface area contributed by atoms with Crippen LogP contribution in [-0.2, 0) is 4.79 Å². The Morgan fingerprint density at radius 1 is 1.29 bits per heavy atom. The SMILES string of the molecule is C=C(C)C(=O)N(CCC#N)CCC#N. The van der Waals surface area contributed by atoms with E-state index in [9.17, 15) is 4.79 Å². The van der Waals surface area contributed by atoms with Gasteiger partial charge in [-0.1, -0.05) is 6.58 Å². The maximum absolute atomic E-state index is 11.5. The summed E-state index contributed by atoms with van der Waals surface area (Å²) in [6, 6.07) is 3.92. The highest BCUT2D eigenvalue weighted by Crippen LogP contribution is 2.01. The third kappa shape index (κ3) is 4.27. The molecule has 0 aliphatic rings. The summed E-state index contributed by atoms with van der Waals surface area (Å²) in [5, 5.41) is 16.8. The first-order valence-corrected chi connectivity index (χ1v) is 4.32. The minimum atomic E-state index is -0.185. The van der Waals surface area contributed by atoms with Crippen LogP contribution in [0.2, 0.25) is 0 Å². The molecule has 0 unspecified atom stereocenters. The summed E-state index contributed by atoms with van der Waals surface area (Å²) in [5.41, 5.74) is 0.431. The van der Waals surface area contributed by atoms with Crippen LogP contribution >= 0.6 is 0 Å². The first kappa shape index (κ1) is 12.2. The van der Waals surface area contributed by atoms with Gasteiger partial charge in [0.25, 0.3) is 0 Å². The number of nitriles is 2. The summed E-state index contributed by atoms with van der Waals surface area (Å²) in [4.78, 5) is 12.9. The average molecular weight is 191 g/mol. The molecule has 0 heterocycles. The summed E-state index contributed by atoms with van der Waals surface area (Å²) in [6.45, 7) is 5.88. The third-order valence-electron chi connectivity index (χ3n) is 1.64. The second-order valence-electron chi connectivity index (χ2n) is 2.89. The quantitative estimate of drug-likeness (QED) is 0.613. The molecule has 1 amide bonds. The van der Waals surface area contributed by atoms with Crippen LogP contribution in [0.4, 0.5) is 0 Å². The molecule has 0 saturated heterocycles. The van der Waals surface area contributed by atoms with E-state index in [1.807, 2.05) is 12.1 Å². The van der Waals surface area contributed by atoms with Gasteiger partial charge in [-0.15, -0.1) is 0 Å². The number of carbonyl (C=O) groups is 1. The van der Waals surface area contributed by atoms with E-state index >= 15 is 0 Å². The van der Waals surface area contributed by atoms with E-state index in [1.165, 1.54) is 4.90 Å². The molecular formula is C10H13N3O. The second-order valence-corrected chi connectivity index (χ2v) is 2.89. The van der Waals surface area contributed by atoms with Crippen molar-refractivity contribution >= 4 is 5.91 Å². The molecule has 0 fully saturated rings. The van der Waals surface area contributed by atoms with Gasteiger partial charge in [0.05, 0.1) is 25.0 Å². The zero-order chi connectivity index (χ0) is 11.0. The Morgan fingerprint density at radius 3 is 2.00 bits per heavy atom. The van der Waals surface area contributed by atoms with E-state index in [4.69, 9.17) is 10.5 Å². The van der Waals surface area contributed by atoms with Crippen LogP contribution in [0.1, 0.15) is 19.8 Å². The standard InChI is InChI=1S/C10H13N3O/c1-9(2)10(14)13(7-3-5-11)8-4-6-12/h1,3-4,7-8H2,2H3. The number of carbonyl (C=O) groups excluding carboxylic acids is 1. The Hall–Kier alpha value is -1.81. The van der Waals surface area contributed by atoms with Gasteiger partial charge in [0.15, 0.2) is 0 Å². The van der Waals surface area contributed by atoms with Crippen LogP contribution in [0.3, 0.4) is 0 Å². The van der Waals surface area contributed by atoms with Crippen LogP contribution in [0, 0.1) is 22.7 Å². The smallest absolute Gasteiger partial charge is 0.248 e. The molecular weight excluding hydrogens is 178 g/mol. The molecule has 0 aromatic heterocycles. The van der Waals surface area contributed by atoms with Gasteiger partial charge in [-0.3, -0.25) is 4.79 Å². The van der Waals surface area contributed by atoms with Crippen LogP contribution in [0.25, 0.3) is 0 Å². The highest BCUT2D eigenvalue weighted by Gasteiger charge is 2.12. The van der Waals surface area contributed by atoms with Gasteiger partial charge in [0, 0.05) is 18.7 Å². The van der Waals surface area contributed by atoms with Gasteiger partial charge in [-0.25, -0.2) is 0 Å². The normalized spacial score (nSPS) is 8.50. The van der Waals surface area contributed by atoms with Gasteiger partial charge in [0.1, 0.15) is 0 Å². The molecule has 0 aliphatic heterocycles. The van der Waals surface area contributed by atoms with Gasteiger partial charge >= 0.3 is 0 Å². The summed E-state index contributed by atoms with van der Waals surface area (Å²) in [7, 11) is 0. The van der Waals surface area contributed by atoms with E-state index in [0.29, 0.717) is 18.7 Å². The highest BCUT2D eigenvalue weighted by atomic mass is 16.2. The molecule has 74 valence electrons. The number of rotatable bonds is 5. The zero-order valence-electron chi connectivity index (χ0n) is 8.29. The summed E-state index contributed by atoms with van der Waals surface area (Å²) < 4.78 is 0. The Kier molecular flexibility index (Phi) is 5.82. The Balaban J connectivity index is 4.25. The van der Waals surface area contributed by atoms with Crippen molar-refractivity contribution in [3.05, 3.63) is 12.2 Å². The average Bonchev–Trinajstić information content (AvgIpc) is 2.17. The number of hydrogen-bond donors (Lipinski definition) is 0. The van der Waals surface area contributed by atoms with Crippen molar-refractivity contribution in [2.45, 2.75) is 19.8 Å². The van der Waals surface area contributed by atoms with Crippen molar-refractivity contribution in [2.75, 3.05) is 13.1 Å². The van der Waals surface area contributed by atoms with Crippen molar-refractivity contribution in [2.24, 2.45) is 0 Å². The number of amides is 1. The maximum Gasteiger partial charge on any atom is 0.248 e. The lowest BCUT2D eigenvalue weighted by molar-refractivity contribution is -0.126. The predicted octanol–water partition coefficient (Wildman–Crippen LogP) is 1.22. The predicted molar refractivity (Wildman–Crippen MR) is 51.9 cm³/mol. The van der Waals surface area contributed by atoms with E-state index < -0.39 is 0 Å². The third-order valence-corrected chi connectivity index (χ3v) is 1.64. The monoisotopic (exact) mass is 191 g/mol. The Morgan fingerprint density at radius 2 is 1.71 bits per heavy atom. The largest absolute Gasteiger partial charge is 0.337 e. The molecule has 0 radical (unpaired) electrons. The number of nitrogens with zero attached hydrogens (tertiary/aromatic N) is 3. The van der Waals surface area contributed by atoms with E-state index in [1.54, 1.807) is 6.92 Å². The summed E-state index contributed by atoms with van der Waals surface area (Å²) >= 11 is 0. The lowest BCUT2D eigenvalue weighted by Gasteiger charge is -2.19. The minimum Gasteiger partial charge on any atom is -0.337 e. The van der Waals surface area contributed by atoms with Crippen molar-refractivity contribution < 1.29 is 4.79 Å². The van der Waals surface area contributed by atoms with Crippen LogP contribution < -0.4 is 0 Å². The van der Waals surface area contributed by atoms with Crippen LogP contribution in [0.15, 0.2) is 12.2 Å². The molecule has 0 atom stereocenters. The molecule has 0 aliphatic carbocycles. The zero-order valence-corrected chi connectivity index (χ0v) is 8.29. The first-order chi connectivity index (χ1) is 6.63. The van der Waals surface area contributed by atoms with E-state index in [-0.39, 0.29) is 18.7 Å². The Bertz CT molecular complexity index is 277. The highest BCUT2D eigenvalue weighted by molar-refractivity contribution is 5.92. The molecule has 4 nitrogen and oxygen atoms in total. The molecule has 0 aromatic carbocycles. The first-order valence-electron chi connectivity index (χ1n) is 4.32. The molecule has 0 N–H and O–H groups in total. The molecule has 0 rings (SSSR count). The van der Waals surface area contributed by atoms with Gasteiger partial charge in [0.2, 0.25) is 5.91 Å². The fourth-order valence-corrected chi connectivity index (χ4v) is 0.955. The van der Waals surface area contributed by atoms with E-state index in [2.05, 4.69) is 6.58 Å². The maximum atomic E-state index is 11.5. The van der Waals surface area contributed by atoms with Crippen molar-refractivity contribution in [1.29, 1.82) is 10.5 Å². The lowest BCUT2D eigenvalue weighted by atomic mass is 10.2. The van der Waals surface area contributed by atoms with Crippen molar-refractivity contribution in [3.63, 3.8) is 0 Å². The Labute approximate surface area is 84.0 Å². The lowest BCUT2D eigenvalue weighted by Crippen LogP contribution is -2.33. The van der Waals surface area contributed by atoms with Crippen molar-refractivity contribution in [1.82, 2.24) is 4.90 Å². The molecule has 0 aromatic rings. The van der Waals surface area contributed by atoms with Gasteiger partial charge < -0.3 is 4.90 Å². The minimum absolute atomic E-state index is 0.185. The van der Waals surface area contributed by atoms with Crippen LogP contribution in [0.5, 0.6) is 0 Å². The summed E-state index contributed by atoms with van der Waals surface area (Å²) in [5.74, 6) is -0.185.